The van der Waals surface area contributed by atoms with Crippen molar-refractivity contribution in [3.8, 4) is 5.75 Å². The van der Waals surface area contributed by atoms with E-state index in [-0.39, 0.29) is 5.69 Å². The molecule has 1 fully saturated rings. The van der Waals surface area contributed by atoms with Crippen molar-refractivity contribution in [1.29, 1.82) is 0 Å². The highest BCUT2D eigenvalue weighted by Crippen LogP contribution is 2.32. The Morgan fingerprint density at radius 3 is 2.48 bits per heavy atom. The molecule has 0 aliphatic carbocycles. The van der Waals surface area contributed by atoms with E-state index in [9.17, 15) is 14.9 Å². The third kappa shape index (κ3) is 5.16. The number of amides is 1. The van der Waals surface area contributed by atoms with Gasteiger partial charge in [0, 0.05) is 43.0 Å². The molecule has 1 saturated heterocycles. The molecule has 0 saturated carbocycles. The van der Waals surface area contributed by atoms with E-state index in [2.05, 4.69) is 10.6 Å². The van der Waals surface area contributed by atoms with E-state index in [4.69, 9.17) is 16.3 Å². The molecular weight excluding hydrogens is 396 g/mol. The van der Waals surface area contributed by atoms with Gasteiger partial charge in [-0.2, -0.15) is 0 Å². The Kier molecular flexibility index (Phi) is 6.24. The summed E-state index contributed by atoms with van der Waals surface area (Å²) in [5, 5.41) is 18.1. The fourth-order valence-electron chi connectivity index (χ4n) is 3.05. The summed E-state index contributed by atoms with van der Waals surface area (Å²) >= 11 is 5.87. The molecule has 8 nitrogen and oxygen atoms in total. The third-order valence-electron chi connectivity index (χ3n) is 4.62. The van der Waals surface area contributed by atoms with Crippen LogP contribution in [0, 0.1) is 10.1 Å². The van der Waals surface area contributed by atoms with Crippen LogP contribution in [0.25, 0.3) is 0 Å². The van der Waals surface area contributed by atoms with Gasteiger partial charge in [-0.25, -0.2) is 0 Å². The minimum atomic E-state index is -1.19. The summed E-state index contributed by atoms with van der Waals surface area (Å²) in [6, 6.07) is 11.4. The molecule has 1 aliphatic rings. The molecule has 0 spiro atoms. The van der Waals surface area contributed by atoms with E-state index in [1.165, 1.54) is 6.07 Å². The Bertz CT molecular complexity index is 896. The van der Waals surface area contributed by atoms with Gasteiger partial charge in [-0.15, -0.1) is 0 Å². The van der Waals surface area contributed by atoms with E-state index in [1.807, 2.05) is 4.90 Å². The number of anilines is 2. The average Bonchev–Trinajstić information content (AvgIpc) is 2.70. The van der Waals surface area contributed by atoms with Crippen molar-refractivity contribution < 1.29 is 14.5 Å². The summed E-state index contributed by atoms with van der Waals surface area (Å²) in [4.78, 5) is 25.8. The number of carbonyl (C=O) groups is 1. The summed E-state index contributed by atoms with van der Waals surface area (Å²) in [7, 11) is 0. The Balaban J connectivity index is 1.76. The van der Waals surface area contributed by atoms with Crippen molar-refractivity contribution >= 4 is 34.6 Å². The molecule has 0 unspecified atom stereocenters. The second-order valence-electron chi connectivity index (χ2n) is 7.22. The summed E-state index contributed by atoms with van der Waals surface area (Å²) in [6.07, 6.45) is 0. The van der Waals surface area contributed by atoms with Crippen LogP contribution in [0.4, 0.5) is 17.1 Å². The summed E-state index contributed by atoms with van der Waals surface area (Å²) in [6.45, 7) is 6.17. The van der Waals surface area contributed by atoms with Gasteiger partial charge in [-0.05, 0) is 50.2 Å². The maximum Gasteiger partial charge on any atom is 0.294 e. The van der Waals surface area contributed by atoms with Crippen LogP contribution in [0.1, 0.15) is 13.8 Å². The number of nitro groups is 1. The average molecular weight is 419 g/mol. The van der Waals surface area contributed by atoms with Gasteiger partial charge in [0.15, 0.2) is 5.60 Å². The highest BCUT2D eigenvalue weighted by molar-refractivity contribution is 6.30. The highest BCUT2D eigenvalue weighted by Gasteiger charge is 2.31. The molecule has 3 rings (SSSR count). The van der Waals surface area contributed by atoms with Gasteiger partial charge >= 0.3 is 0 Å². The second kappa shape index (κ2) is 8.67. The molecule has 29 heavy (non-hydrogen) atoms. The third-order valence-corrected chi connectivity index (χ3v) is 4.87. The number of carbonyl (C=O) groups excluding carboxylic acids is 1. The normalized spacial score (nSPS) is 14.4. The Morgan fingerprint density at radius 2 is 1.86 bits per heavy atom. The first-order valence-electron chi connectivity index (χ1n) is 9.26. The summed E-state index contributed by atoms with van der Waals surface area (Å²) < 4.78 is 5.77. The van der Waals surface area contributed by atoms with Gasteiger partial charge < -0.3 is 20.3 Å². The second-order valence-corrected chi connectivity index (χ2v) is 7.65. The van der Waals surface area contributed by atoms with Crippen molar-refractivity contribution in [2.24, 2.45) is 0 Å². The number of hydrogen-bond acceptors (Lipinski definition) is 6. The summed E-state index contributed by atoms with van der Waals surface area (Å²) in [5.74, 6) is 0.0752. The number of nitrogens with one attached hydrogen (secondary N) is 2. The molecule has 9 heteroatoms. The number of ether oxygens (including phenoxy) is 1. The van der Waals surface area contributed by atoms with E-state index >= 15 is 0 Å². The maximum atomic E-state index is 12.7. The van der Waals surface area contributed by atoms with Gasteiger partial charge in [-0.3, -0.25) is 14.9 Å². The molecule has 2 N–H and O–H groups in total. The van der Waals surface area contributed by atoms with Crippen molar-refractivity contribution in [2.45, 2.75) is 19.4 Å². The molecule has 1 amide bonds. The lowest BCUT2D eigenvalue weighted by atomic mass is 10.1. The topological polar surface area (TPSA) is 96.7 Å². The van der Waals surface area contributed by atoms with Crippen molar-refractivity contribution in [2.75, 3.05) is 36.4 Å². The Hall–Kier alpha value is -2.84. The van der Waals surface area contributed by atoms with Crippen LogP contribution in [-0.2, 0) is 4.79 Å². The molecule has 0 bridgehead atoms. The van der Waals surface area contributed by atoms with E-state index in [0.29, 0.717) is 35.2 Å². The molecule has 1 heterocycles. The lowest BCUT2D eigenvalue weighted by Gasteiger charge is -2.29. The zero-order valence-electron chi connectivity index (χ0n) is 16.3. The predicted molar refractivity (Wildman–Crippen MR) is 113 cm³/mol. The lowest BCUT2D eigenvalue weighted by molar-refractivity contribution is -0.384. The number of nitro benzene ring substituents is 1. The lowest BCUT2D eigenvalue weighted by Crippen LogP contribution is -2.44. The smallest absolute Gasteiger partial charge is 0.294 e. The quantitative estimate of drug-likeness (QED) is 0.551. The van der Waals surface area contributed by atoms with E-state index in [1.54, 1.807) is 50.2 Å². The Labute approximate surface area is 173 Å². The van der Waals surface area contributed by atoms with Crippen LogP contribution in [0.2, 0.25) is 5.02 Å². The SMILES string of the molecule is CC(C)(Oc1ccc(Cl)cc1)C(=O)Nc1ccc(N2CCNCC2)c([N+](=O)[O-])c1. The van der Waals surface area contributed by atoms with Crippen LogP contribution in [0.3, 0.4) is 0 Å². The van der Waals surface area contributed by atoms with Crippen molar-refractivity contribution in [3.63, 3.8) is 0 Å². The zero-order valence-corrected chi connectivity index (χ0v) is 17.0. The first kappa shape index (κ1) is 20.9. The number of benzene rings is 2. The van der Waals surface area contributed by atoms with Gasteiger partial charge in [0.05, 0.1) is 4.92 Å². The number of rotatable bonds is 6. The molecule has 2 aromatic rings. The fraction of sp³-hybridized carbons (Fsp3) is 0.350. The Morgan fingerprint density at radius 1 is 1.21 bits per heavy atom. The van der Waals surface area contributed by atoms with Gasteiger partial charge in [0.25, 0.3) is 11.6 Å². The number of piperazine rings is 1. The molecule has 0 radical (unpaired) electrons. The molecular formula is C20H23ClN4O4. The van der Waals surface area contributed by atoms with Gasteiger partial charge in [0.1, 0.15) is 11.4 Å². The largest absolute Gasteiger partial charge is 0.478 e. The summed E-state index contributed by atoms with van der Waals surface area (Å²) in [5.41, 5.74) is -0.347. The van der Waals surface area contributed by atoms with Crippen LogP contribution >= 0.6 is 11.6 Å². The first-order chi connectivity index (χ1) is 13.8. The van der Waals surface area contributed by atoms with Gasteiger partial charge in [0.2, 0.25) is 0 Å². The van der Waals surface area contributed by atoms with Crippen LogP contribution in [0.15, 0.2) is 42.5 Å². The molecule has 2 aromatic carbocycles. The molecule has 0 aromatic heterocycles. The molecule has 1 aliphatic heterocycles. The van der Waals surface area contributed by atoms with Crippen LogP contribution in [-0.4, -0.2) is 42.6 Å². The number of nitrogens with zero attached hydrogens (tertiary/aromatic N) is 2. The van der Waals surface area contributed by atoms with Crippen LogP contribution in [0.5, 0.6) is 5.75 Å². The zero-order chi connectivity index (χ0) is 21.0. The van der Waals surface area contributed by atoms with E-state index in [0.717, 1.165) is 13.1 Å². The number of hydrogen-bond donors (Lipinski definition) is 2. The maximum absolute atomic E-state index is 12.7. The predicted octanol–water partition coefficient (Wildman–Crippen LogP) is 3.45. The molecule has 0 atom stereocenters. The minimum absolute atomic E-state index is 0.0406. The monoisotopic (exact) mass is 418 g/mol. The standard InChI is InChI=1S/C20H23ClN4O4/c1-20(2,29-16-6-3-14(21)4-7-16)19(26)23-15-5-8-17(18(13-15)25(27)28)24-11-9-22-10-12-24/h3-8,13,22H,9-12H2,1-2H3,(H,23,26). The van der Waals surface area contributed by atoms with Gasteiger partial charge in [-0.1, -0.05) is 11.6 Å². The first-order valence-corrected chi connectivity index (χ1v) is 9.64. The molecule has 154 valence electrons. The van der Waals surface area contributed by atoms with Crippen molar-refractivity contribution in [3.05, 3.63) is 57.6 Å². The van der Waals surface area contributed by atoms with Crippen LogP contribution < -0.4 is 20.3 Å². The highest BCUT2D eigenvalue weighted by atomic mass is 35.5. The fourth-order valence-corrected chi connectivity index (χ4v) is 3.17. The van der Waals surface area contributed by atoms with Crippen molar-refractivity contribution in [1.82, 2.24) is 5.32 Å². The minimum Gasteiger partial charge on any atom is -0.478 e. The number of halogens is 1. The van der Waals surface area contributed by atoms with E-state index < -0.39 is 16.4 Å².